The SMILES string of the molecule is Cc1cccc(-c2nc3c(C#N)c(-n4cccc4)c(Cl)n3[nH]2)c1. The predicted molar refractivity (Wildman–Crippen MR) is 88.8 cm³/mol. The minimum absolute atomic E-state index is 0.430. The first-order chi connectivity index (χ1) is 11.2. The van der Waals surface area contributed by atoms with Gasteiger partial charge < -0.3 is 4.57 Å². The van der Waals surface area contributed by atoms with Crippen LogP contribution in [0.3, 0.4) is 0 Å². The van der Waals surface area contributed by atoms with Gasteiger partial charge in [-0.05, 0) is 25.1 Å². The zero-order valence-electron chi connectivity index (χ0n) is 12.3. The summed E-state index contributed by atoms with van der Waals surface area (Å²) < 4.78 is 3.46. The molecule has 1 aromatic carbocycles. The van der Waals surface area contributed by atoms with Gasteiger partial charge in [-0.15, -0.1) is 0 Å². The molecular weight excluding hydrogens is 310 g/mol. The molecule has 1 N–H and O–H groups in total. The van der Waals surface area contributed by atoms with Crippen LogP contribution in [-0.4, -0.2) is 19.2 Å². The lowest BCUT2D eigenvalue weighted by Crippen LogP contribution is -1.93. The summed E-state index contributed by atoms with van der Waals surface area (Å²) in [5.41, 5.74) is 3.70. The van der Waals surface area contributed by atoms with Gasteiger partial charge in [0, 0.05) is 18.0 Å². The van der Waals surface area contributed by atoms with Crippen molar-refractivity contribution in [1.82, 2.24) is 19.2 Å². The zero-order chi connectivity index (χ0) is 16.0. The molecular formula is C17H12ClN5. The summed E-state index contributed by atoms with van der Waals surface area (Å²) >= 11 is 6.48. The Labute approximate surface area is 137 Å². The largest absolute Gasteiger partial charge is 0.320 e. The summed E-state index contributed by atoms with van der Waals surface area (Å²) in [5.74, 6) is 0.682. The third-order valence-electron chi connectivity index (χ3n) is 3.77. The Morgan fingerprint density at radius 1 is 1.22 bits per heavy atom. The molecule has 4 aromatic rings. The summed E-state index contributed by atoms with van der Waals surface area (Å²) in [5, 5.41) is 13.2. The highest BCUT2D eigenvalue weighted by atomic mass is 35.5. The van der Waals surface area contributed by atoms with Gasteiger partial charge in [-0.2, -0.15) is 5.26 Å². The van der Waals surface area contributed by atoms with Crippen molar-refractivity contribution in [3.8, 4) is 23.1 Å². The van der Waals surface area contributed by atoms with Crippen molar-refractivity contribution in [2.45, 2.75) is 6.92 Å². The first-order valence-electron chi connectivity index (χ1n) is 7.09. The van der Waals surface area contributed by atoms with E-state index in [2.05, 4.69) is 16.2 Å². The van der Waals surface area contributed by atoms with Crippen LogP contribution >= 0.6 is 11.6 Å². The van der Waals surface area contributed by atoms with E-state index >= 15 is 0 Å². The van der Waals surface area contributed by atoms with E-state index in [1.54, 1.807) is 4.52 Å². The average molecular weight is 322 g/mol. The number of nitriles is 1. The van der Waals surface area contributed by atoms with Crippen LogP contribution in [0, 0.1) is 18.3 Å². The monoisotopic (exact) mass is 321 g/mol. The van der Waals surface area contributed by atoms with E-state index in [4.69, 9.17) is 11.6 Å². The number of H-pyrrole nitrogens is 1. The molecule has 3 aromatic heterocycles. The summed E-state index contributed by atoms with van der Waals surface area (Å²) in [6, 6.07) is 14.0. The molecule has 0 bridgehead atoms. The molecule has 0 saturated heterocycles. The fourth-order valence-corrected chi connectivity index (χ4v) is 3.02. The lowest BCUT2D eigenvalue weighted by atomic mass is 10.1. The second kappa shape index (κ2) is 5.04. The Morgan fingerprint density at radius 2 is 2.00 bits per heavy atom. The van der Waals surface area contributed by atoms with Crippen LogP contribution in [0.1, 0.15) is 11.1 Å². The van der Waals surface area contributed by atoms with Gasteiger partial charge in [0.05, 0.1) is 0 Å². The fourth-order valence-electron chi connectivity index (χ4n) is 2.71. The van der Waals surface area contributed by atoms with Gasteiger partial charge in [0.2, 0.25) is 0 Å². The van der Waals surface area contributed by atoms with E-state index in [1.807, 2.05) is 60.3 Å². The lowest BCUT2D eigenvalue weighted by Gasteiger charge is -2.02. The molecule has 23 heavy (non-hydrogen) atoms. The van der Waals surface area contributed by atoms with Crippen LogP contribution in [0.4, 0.5) is 0 Å². The Balaban J connectivity index is 1.97. The predicted octanol–water partition coefficient (Wildman–Crippen LogP) is 3.95. The number of aryl methyl sites for hydroxylation is 1. The molecule has 0 radical (unpaired) electrons. The average Bonchev–Trinajstić information content (AvgIpc) is 3.24. The highest BCUT2D eigenvalue weighted by Gasteiger charge is 2.21. The second-order valence-electron chi connectivity index (χ2n) is 5.32. The molecule has 0 aliphatic rings. The van der Waals surface area contributed by atoms with Crippen molar-refractivity contribution >= 4 is 17.2 Å². The number of nitrogens with one attached hydrogen (secondary N) is 1. The van der Waals surface area contributed by atoms with Crippen molar-refractivity contribution in [3.05, 3.63) is 65.1 Å². The van der Waals surface area contributed by atoms with Crippen LogP contribution in [0.2, 0.25) is 5.15 Å². The lowest BCUT2D eigenvalue weighted by molar-refractivity contribution is 0.966. The third-order valence-corrected chi connectivity index (χ3v) is 4.11. The van der Waals surface area contributed by atoms with Crippen LogP contribution in [0.5, 0.6) is 0 Å². The van der Waals surface area contributed by atoms with Gasteiger partial charge in [-0.3, -0.25) is 5.10 Å². The Hall–Kier alpha value is -2.97. The Morgan fingerprint density at radius 3 is 2.70 bits per heavy atom. The number of halogens is 1. The minimum Gasteiger partial charge on any atom is -0.320 e. The van der Waals surface area contributed by atoms with Crippen molar-refractivity contribution in [2.24, 2.45) is 0 Å². The molecule has 112 valence electrons. The number of benzene rings is 1. The molecule has 0 atom stereocenters. The van der Waals surface area contributed by atoms with Crippen molar-refractivity contribution < 1.29 is 0 Å². The van der Waals surface area contributed by atoms with Crippen molar-refractivity contribution in [2.75, 3.05) is 0 Å². The highest BCUT2D eigenvalue weighted by molar-refractivity contribution is 6.32. The van der Waals surface area contributed by atoms with Crippen molar-refractivity contribution in [3.63, 3.8) is 0 Å². The maximum atomic E-state index is 9.56. The summed E-state index contributed by atoms with van der Waals surface area (Å²) in [6.07, 6.45) is 3.70. The maximum absolute atomic E-state index is 9.56. The molecule has 0 saturated carbocycles. The molecule has 4 rings (SSSR count). The van der Waals surface area contributed by atoms with Gasteiger partial charge in [0.25, 0.3) is 0 Å². The standard InChI is InChI=1S/C17H12ClN5/c1-11-5-4-6-12(9-11)16-20-17-13(10-19)14(15(18)23(17)21-16)22-7-2-3-8-22/h2-9H,1H3,(H,20,21). The maximum Gasteiger partial charge on any atom is 0.175 e. The number of aromatic amines is 1. The summed E-state index contributed by atoms with van der Waals surface area (Å²) in [7, 11) is 0. The zero-order valence-corrected chi connectivity index (χ0v) is 13.0. The van der Waals surface area contributed by atoms with Gasteiger partial charge >= 0.3 is 0 Å². The van der Waals surface area contributed by atoms with E-state index in [0.717, 1.165) is 11.1 Å². The van der Waals surface area contributed by atoms with Crippen molar-refractivity contribution in [1.29, 1.82) is 5.26 Å². The molecule has 0 amide bonds. The van der Waals surface area contributed by atoms with E-state index in [0.29, 0.717) is 27.9 Å². The first kappa shape index (κ1) is 13.7. The van der Waals surface area contributed by atoms with E-state index in [-0.39, 0.29) is 0 Å². The molecule has 0 unspecified atom stereocenters. The molecule has 5 nitrogen and oxygen atoms in total. The second-order valence-corrected chi connectivity index (χ2v) is 5.68. The van der Waals surface area contributed by atoms with Crippen LogP contribution in [0.15, 0.2) is 48.8 Å². The Bertz CT molecular complexity index is 1050. The number of hydrogen-bond acceptors (Lipinski definition) is 2. The number of hydrogen-bond donors (Lipinski definition) is 1. The minimum atomic E-state index is 0.430. The van der Waals surface area contributed by atoms with E-state index < -0.39 is 0 Å². The third kappa shape index (κ3) is 2.04. The quantitative estimate of drug-likeness (QED) is 0.607. The number of fused-ring (bicyclic) bond motifs is 1. The van der Waals surface area contributed by atoms with Crippen LogP contribution in [-0.2, 0) is 0 Å². The Kier molecular flexibility index (Phi) is 3.00. The molecule has 6 heteroatoms. The van der Waals surface area contributed by atoms with Gasteiger partial charge in [0.1, 0.15) is 17.3 Å². The van der Waals surface area contributed by atoms with Crippen LogP contribution < -0.4 is 0 Å². The highest BCUT2D eigenvalue weighted by Crippen LogP contribution is 2.31. The molecule has 3 heterocycles. The van der Waals surface area contributed by atoms with Crippen LogP contribution in [0.25, 0.3) is 22.7 Å². The normalized spacial score (nSPS) is 11.0. The smallest absolute Gasteiger partial charge is 0.175 e. The van der Waals surface area contributed by atoms with E-state index in [9.17, 15) is 5.26 Å². The van der Waals surface area contributed by atoms with Gasteiger partial charge in [-0.1, -0.05) is 35.4 Å². The fraction of sp³-hybridized carbons (Fsp3) is 0.0588. The summed E-state index contributed by atoms with van der Waals surface area (Å²) in [4.78, 5) is 4.57. The van der Waals surface area contributed by atoms with Gasteiger partial charge in [-0.25, -0.2) is 9.50 Å². The van der Waals surface area contributed by atoms with E-state index in [1.165, 1.54) is 0 Å². The number of aromatic nitrogens is 4. The van der Waals surface area contributed by atoms with Gasteiger partial charge in [0.15, 0.2) is 16.6 Å². The topological polar surface area (TPSA) is 61.8 Å². The molecule has 0 aliphatic heterocycles. The molecule has 0 fully saturated rings. The molecule has 0 aliphatic carbocycles. The number of nitrogens with zero attached hydrogens (tertiary/aromatic N) is 4. The number of rotatable bonds is 2. The molecule has 0 spiro atoms. The first-order valence-corrected chi connectivity index (χ1v) is 7.47. The summed E-state index contributed by atoms with van der Waals surface area (Å²) in [6.45, 7) is 2.02.